The summed E-state index contributed by atoms with van der Waals surface area (Å²) >= 11 is 2.71. The highest BCUT2D eigenvalue weighted by atomic mass is 32.2. The minimum absolute atomic E-state index is 0.0295. The van der Waals surface area contributed by atoms with Crippen molar-refractivity contribution in [3.63, 3.8) is 0 Å². The van der Waals surface area contributed by atoms with Crippen LogP contribution in [-0.2, 0) is 10.0 Å². The van der Waals surface area contributed by atoms with Gasteiger partial charge in [-0.15, -0.1) is 10.2 Å². The second kappa shape index (κ2) is 6.71. The lowest BCUT2D eigenvalue weighted by molar-refractivity contribution is 0.598. The van der Waals surface area contributed by atoms with E-state index in [0.717, 1.165) is 18.2 Å². The highest BCUT2D eigenvalue weighted by Crippen LogP contribution is 2.28. The fourth-order valence-electron chi connectivity index (χ4n) is 1.58. The predicted molar refractivity (Wildman–Crippen MR) is 82.9 cm³/mol. The molecule has 0 radical (unpaired) electrons. The number of sulfonamides is 1. The van der Waals surface area contributed by atoms with E-state index in [1.807, 2.05) is 0 Å². The van der Waals surface area contributed by atoms with Gasteiger partial charge in [0.2, 0.25) is 5.13 Å². The zero-order valence-corrected chi connectivity index (χ0v) is 13.9. The molecule has 0 saturated carbocycles. The van der Waals surface area contributed by atoms with E-state index in [1.54, 1.807) is 6.92 Å². The number of nitrogens with one attached hydrogen (secondary N) is 1. The first kappa shape index (κ1) is 16.2. The van der Waals surface area contributed by atoms with Crippen molar-refractivity contribution in [1.29, 1.82) is 0 Å². The van der Waals surface area contributed by atoms with Gasteiger partial charge in [0.25, 0.3) is 10.0 Å². The number of aryl methyl sites for hydroxylation is 1. The van der Waals surface area contributed by atoms with E-state index >= 15 is 0 Å². The lowest BCUT2D eigenvalue weighted by atomic mass is 10.2. The molecular formula is C12H14FN3O2S3. The first-order chi connectivity index (χ1) is 9.92. The zero-order valence-electron chi connectivity index (χ0n) is 11.5. The number of nitrogens with zero attached hydrogens (tertiary/aromatic N) is 2. The number of halogens is 1. The molecule has 0 aliphatic carbocycles. The molecule has 0 spiro atoms. The summed E-state index contributed by atoms with van der Waals surface area (Å²) in [6, 6.07) is 3.53. The van der Waals surface area contributed by atoms with E-state index in [2.05, 4.69) is 21.8 Å². The van der Waals surface area contributed by atoms with Crippen LogP contribution in [0, 0.1) is 12.7 Å². The first-order valence-electron chi connectivity index (χ1n) is 6.17. The van der Waals surface area contributed by atoms with Crippen LogP contribution in [0.3, 0.4) is 0 Å². The molecule has 5 nitrogen and oxygen atoms in total. The third-order valence-corrected chi connectivity index (χ3v) is 6.29. The van der Waals surface area contributed by atoms with Crippen molar-refractivity contribution in [2.24, 2.45) is 0 Å². The van der Waals surface area contributed by atoms with Gasteiger partial charge in [-0.2, -0.15) is 0 Å². The molecule has 9 heteroatoms. The van der Waals surface area contributed by atoms with E-state index in [9.17, 15) is 12.8 Å². The van der Waals surface area contributed by atoms with Crippen LogP contribution in [0.4, 0.5) is 9.52 Å². The van der Waals surface area contributed by atoms with Crippen molar-refractivity contribution >= 4 is 38.3 Å². The van der Waals surface area contributed by atoms with Crippen molar-refractivity contribution in [2.45, 2.75) is 29.5 Å². The van der Waals surface area contributed by atoms with Gasteiger partial charge in [0.15, 0.2) is 4.34 Å². The largest absolute Gasteiger partial charge is 0.263 e. The molecule has 0 unspecified atom stereocenters. The molecule has 1 heterocycles. The van der Waals surface area contributed by atoms with Gasteiger partial charge in [0.1, 0.15) is 5.82 Å². The predicted octanol–water partition coefficient (Wildman–Crippen LogP) is 3.29. The van der Waals surface area contributed by atoms with Gasteiger partial charge in [0.05, 0.1) is 4.90 Å². The van der Waals surface area contributed by atoms with Gasteiger partial charge in [-0.05, 0) is 37.1 Å². The molecule has 0 atom stereocenters. The van der Waals surface area contributed by atoms with Gasteiger partial charge >= 0.3 is 0 Å². The third-order valence-electron chi connectivity index (χ3n) is 2.48. The summed E-state index contributed by atoms with van der Waals surface area (Å²) in [4.78, 5) is 0.0295. The Kier molecular flexibility index (Phi) is 5.17. The molecule has 1 aromatic carbocycles. The molecule has 2 rings (SSSR count). The van der Waals surface area contributed by atoms with Crippen LogP contribution < -0.4 is 4.72 Å². The number of hydrogen-bond acceptors (Lipinski definition) is 6. The third kappa shape index (κ3) is 4.14. The number of aromatic nitrogens is 2. The van der Waals surface area contributed by atoms with E-state index < -0.39 is 15.8 Å². The highest BCUT2D eigenvalue weighted by Gasteiger charge is 2.19. The summed E-state index contributed by atoms with van der Waals surface area (Å²) in [6.45, 7) is 3.59. The zero-order chi connectivity index (χ0) is 15.5. The maximum absolute atomic E-state index is 13.0. The Labute approximate surface area is 131 Å². The maximum atomic E-state index is 13.0. The number of anilines is 1. The van der Waals surface area contributed by atoms with Crippen LogP contribution >= 0.6 is 23.1 Å². The van der Waals surface area contributed by atoms with Crippen molar-refractivity contribution in [2.75, 3.05) is 10.5 Å². The average Bonchev–Trinajstić information content (AvgIpc) is 2.82. The molecule has 21 heavy (non-hydrogen) atoms. The van der Waals surface area contributed by atoms with Crippen LogP contribution in [0.2, 0.25) is 0 Å². The molecule has 114 valence electrons. The van der Waals surface area contributed by atoms with Crippen LogP contribution in [0.15, 0.2) is 27.4 Å². The van der Waals surface area contributed by atoms with E-state index in [0.29, 0.717) is 9.90 Å². The van der Waals surface area contributed by atoms with Crippen LogP contribution in [-0.4, -0.2) is 24.4 Å². The van der Waals surface area contributed by atoms with Crippen LogP contribution in [0.25, 0.3) is 0 Å². The second-order valence-corrected chi connectivity index (χ2v) is 8.21. The van der Waals surface area contributed by atoms with Crippen molar-refractivity contribution in [3.8, 4) is 0 Å². The molecule has 0 fully saturated rings. The second-order valence-electron chi connectivity index (χ2n) is 4.24. The molecular weight excluding hydrogens is 333 g/mol. The molecule has 1 aromatic heterocycles. The number of hydrogen-bond donors (Lipinski definition) is 1. The van der Waals surface area contributed by atoms with Gasteiger partial charge in [-0.3, -0.25) is 4.72 Å². The topological polar surface area (TPSA) is 72.0 Å². The lowest BCUT2D eigenvalue weighted by Gasteiger charge is -2.07. The minimum atomic E-state index is -3.79. The van der Waals surface area contributed by atoms with Crippen LogP contribution in [0.5, 0.6) is 0 Å². The Morgan fingerprint density at radius 2 is 2.14 bits per heavy atom. The number of thioether (sulfide) groups is 1. The molecule has 0 saturated heterocycles. The summed E-state index contributed by atoms with van der Waals surface area (Å²) < 4.78 is 40.6. The quantitative estimate of drug-likeness (QED) is 0.812. The maximum Gasteiger partial charge on any atom is 0.263 e. The van der Waals surface area contributed by atoms with Gasteiger partial charge in [-0.25, -0.2) is 12.8 Å². The molecule has 0 amide bonds. The average molecular weight is 347 g/mol. The summed E-state index contributed by atoms with van der Waals surface area (Å²) in [6.07, 6.45) is 1.00. The highest BCUT2D eigenvalue weighted by molar-refractivity contribution is 8.01. The monoisotopic (exact) mass is 347 g/mol. The molecule has 1 N–H and O–H groups in total. The van der Waals surface area contributed by atoms with E-state index in [1.165, 1.54) is 35.2 Å². The van der Waals surface area contributed by atoms with Crippen molar-refractivity contribution in [1.82, 2.24) is 10.2 Å². The fourth-order valence-corrected chi connectivity index (χ4v) is 4.72. The minimum Gasteiger partial charge on any atom is -0.253 e. The fraction of sp³-hybridized carbons (Fsp3) is 0.333. The Morgan fingerprint density at radius 3 is 2.81 bits per heavy atom. The standard InChI is InChI=1S/C12H14FN3O2S3/c1-3-6-19-12-15-14-11(20-12)16-21(17,18)10-5-4-9(13)7-8(10)2/h4-5,7H,3,6H2,1-2H3,(H,14,16). The Balaban J connectivity index is 2.19. The summed E-state index contributed by atoms with van der Waals surface area (Å²) in [7, 11) is -3.79. The van der Waals surface area contributed by atoms with E-state index in [4.69, 9.17) is 0 Å². The van der Waals surface area contributed by atoms with Gasteiger partial charge in [0, 0.05) is 5.75 Å². The Bertz CT molecular complexity index is 731. The van der Waals surface area contributed by atoms with Crippen molar-refractivity contribution in [3.05, 3.63) is 29.6 Å². The van der Waals surface area contributed by atoms with Crippen molar-refractivity contribution < 1.29 is 12.8 Å². The number of benzene rings is 1. The number of rotatable bonds is 6. The summed E-state index contributed by atoms with van der Waals surface area (Å²) in [5.41, 5.74) is 0.340. The smallest absolute Gasteiger partial charge is 0.253 e. The van der Waals surface area contributed by atoms with Crippen LogP contribution in [0.1, 0.15) is 18.9 Å². The van der Waals surface area contributed by atoms with E-state index in [-0.39, 0.29) is 10.0 Å². The first-order valence-corrected chi connectivity index (χ1v) is 9.46. The SMILES string of the molecule is CCCSc1nnc(NS(=O)(=O)c2ccc(F)cc2C)s1. The van der Waals surface area contributed by atoms with Gasteiger partial charge in [-0.1, -0.05) is 30.0 Å². The summed E-state index contributed by atoms with van der Waals surface area (Å²) in [5, 5.41) is 7.93. The Morgan fingerprint density at radius 1 is 1.38 bits per heavy atom. The lowest BCUT2D eigenvalue weighted by Crippen LogP contribution is -2.14. The molecule has 0 bridgehead atoms. The molecule has 0 aliphatic rings. The van der Waals surface area contributed by atoms with Gasteiger partial charge < -0.3 is 0 Å². The molecule has 2 aromatic rings. The Hall–Kier alpha value is -1.19. The molecule has 0 aliphatic heterocycles. The summed E-state index contributed by atoms with van der Waals surface area (Å²) in [5.74, 6) is 0.430. The normalized spacial score (nSPS) is 11.6.